The smallest absolute Gasteiger partial charge is 0.243 e. The summed E-state index contributed by atoms with van der Waals surface area (Å²) in [5, 5.41) is 20.8. The van der Waals surface area contributed by atoms with Gasteiger partial charge in [-0.15, -0.1) is 0 Å². The van der Waals surface area contributed by atoms with Crippen molar-refractivity contribution >= 4 is 23.6 Å². The van der Waals surface area contributed by atoms with Gasteiger partial charge in [0, 0.05) is 26.4 Å². The Balaban J connectivity index is 2.65. The third-order valence-corrected chi connectivity index (χ3v) is 6.53. The lowest BCUT2D eigenvalue weighted by Crippen LogP contribution is -2.53. The van der Waals surface area contributed by atoms with E-state index in [0.717, 1.165) is 44.1 Å². The van der Waals surface area contributed by atoms with Crippen molar-refractivity contribution in [1.29, 1.82) is 0 Å². The Kier molecular flexibility index (Phi) is 18.8. The second-order valence-corrected chi connectivity index (χ2v) is 10.1. The summed E-state index contributed by atoms with van der Waals surface area (Å²) < 4.78 is 0. The van der Waals surface area contributed by atoms with Crippen molar-refractivity contribution in [3.05, 3.63) is 29.8 Å². The van der Waals surface area contributed by atoms with E-state index in [1.807, 2.05) is 0 Å². The molecule has 0 bridgehead atoms. The van der Waals surface area contributed by atoms with Crippen LogP contribution < -0.4 is 32.7 Å². The summed E-state index contributed by atoms with van der Waals surface area (Å²) in [4.78, 5) is 49.8. The zero-order valence-electron chi connectivity index (χ0n) is 24.0. The molecule has 0 radical (unpaired) electrons. The number of carbonyl (C=O) groups is 4. The third-order valence-electron chi connectivity index (χ3n) is 6.53. The second kappa shape index (κ2) is 21.6. The number of aromatic hydroxyl groups is 1. The van der Waals surface area contributed by atoms with Crippen molar-refractivity contribution in [3.8, 4) is 5.75 Å². The summed E-state index contributed by atoms with van der Waals surface area (Å²) in [6.45, 7) is 3.63. The van der Waals surface area contributed by atoms with Crippen LogP contribution in [0.1, 0.15) is 83.1 Å². The number of nitrogens with one attached hydrogen (secondary N) is 4. The molecule has 9 N–H and O–H groups in total. The number of phenolic OH excluding ortho intramolecular Hbond substituents is 1. The molecule has 0 aliphatic heterocycles. The van der Waals surface area contributed by atoms with Crippen LogP contribution in [0.2, 0.25) is 0 Å². The second-order valence-electron chi connectivity index (χ2n) is 10.1. The number of nitrogens with two attached hydrogens (primary N) is 2. The molecule has 0 aliphatic carbocycles. The molecule has 0 saturated heterocycles. The number of unbranched alkanes of at least 4 members (excludes halogenated alkanes) is 5. The number of hydrogen-bond acceptors (Lipinski definition) is 7. The maximum absolute atomic E-state index is 13.2. The van der Waals surface area contributed by atoms with Gasteiger partial charge in [-0.3, -0.25) is 19.2 Å². The van der Waals surface area contributed by atoms with Crippen molar-refractivity contribution in [3.63, 3.8) is 0 Å². The number of amides is 4. The van der Waals surface area contributed by atoms with Gasteiger partial charge in [-0.2, -0.15) is 0 Å². The Labute approximate surface area is 238 Å². The molecule has 0 heterocycles. The van der Waals surface area contributed by atoms with Gasteiger partial charge >= 0.3 is 0 Å². The number of aryl methyl sites for hydroxylation is 1. The summed E-state index contributed by atoms with van der Waals surface area (Å²) in [6.07, 6.45) is 7.91. The molecule has 1 rings (SSSR count). The van der Waals surface area contributed by atoms with E-state index < -0.39 is 12.1 Å². The molecule has 0 fully saturated rings. The van der Waals surface area contributed by atoms with Gasteiger partial charge in [0.2, 0.25) is 23.6 Å². The lowest BCUT2D eigenvalue weighted by atomic mass is 10.0. The predicted octanol–water partition coefficient (Wildman–Crippen LogP) is 1.37. The van der Waals surface area contributed by atoms with Crippen molar-refractivity contribution in [2.24, 2.45) is 11.5 Å². The molecule has 0 spiro atoms. The minimum Gasteiger partial charge on any atom is -0.508 e. The average Bonchev–Trinajstić information content (AvgIpc) is 2.92. The Morgan fingerprint density at radius 3 is 1.82 bits per heavy atom. The quantitative estimate of drug-likeness (QED) is 0.104. The van der Waals surface area contributed by atoms with Crippen LogP contribution in [0.15, 0.2) is 24.3 Å². The lowest BCUT2D eigenvalue weighted by Gasteiger charge is -2.23. The molecule has 11 heteroatoms. The van der Waals surface area contributed by atoms with Crippen LogP contribution in [0.4, 0.5) is 0 Å². The first kappa shape index (κ1) is 34.8. The molecule has 2 unspecified atom stereocenters. The zero-order valence-corrected chi connectivity index (χ0v) is 24.0. The fourth-order valence-corrected chi connectivity index (χ4v) is 4.19. The predicted molar refractivity (Wildman–Crippen MR) is 156 cm³/mol. The molecule has 1 aromatic carbocycles. The Morgan fingerprint density at radius 1 is 0.725 bits per heavy atom. The fraction of sp³-hybridized carbons (Fsp3) is 0.655. The van der Waals surface area contributed by atoms with Crippen molar-refractivity contribution in [1.82, 2.24) is 21.3 Å². The number of phenols is 1. The van der Waals surface area contributed by atoms with Gasteiger partial charge in [0.25, 0.3) is 0 Å². The SMILES string of the molecule is CC(=O)NCCCCCCNC(=O)C(CCCCN)NC(=O)C(CCCCN)NC(=O)CCc1ccc(O)cc1. The van der Waals surface area contributed by atoms with Crippen LogP contribution in [-0.4, -0.2) is 67.0 Å². The first-order valence-electron chi connectivity index (χ1n) is 14.6. The van der Waals surface area contributed by atoms with E-state index in [2.05, 4.69) is 21.3 Å². The van der Waals surface area contributed by atoms with Crippen molar-refractivity contribution < 1.29 is 24.3 Å². The molecule has 0 saturated carbocycles. The van der Waals surface area contributed by atoms with Gasteiger partial charge in [-0.1, -0.05) is 25.0 Å². The monoisotopic (exact) mass is 562 g/mol. The highest BCUT2D eigenvalue weighted by Gasteiger charge is 2.26. The number of carbonyl (C=O) groups excluding carboxylic acids is 4. The normalized spacial score (nSPS) is 12.3. The molecule has 4 amide bonds. The molecule has 0 aliphatic rings. The molecule has 226 valence electrons. The average molecular weight is 563 g/mol. The highest BCUT2D eigenvalue weighted by molar-refractivity contribution is 5.92. The maximum atomic E-state index is 13.2. The minimum absolute atomic E-state index is 0.0368. The van der Waals surface area contributed by atoms with Gasteiger partial charge < -0.3 is 37.8 Å². The standard InChI is InChI=1S/C29H50N6O5/c1-22(36)32-20-8-2-3-9-21-33-28(39)25(10-4-6-18-30)35-29(40)26(11-5-7-19-31)34-27(38)17-14-23-12-15-24(37)16-13-23/h12-13,15-16,25-26,37H,2-11,14,17-21,30-31H2,1H3,(H,32,36)(H,33,39)(H,34,38)(H,35,40). The summed E-state index contributed by atoms with van der Waals surface area (Å²) in [6, 6.07) is 5.16. The van der Waals surface area contributed by atoms with E-state index in [-0.39, 0.29) is 35.8 Å². The Morgan fingerprint density at radius 2 is 1.27 bits per heavy atom. The molecule has 0 aromatic heterocycles. The first-order chi connectivity index (χ1) is 19.3. The fourth-order valence-electron chi connectivity index (χ4n) is 4.19. The van der Waals surface area contributed by atoms with Crippen LogP contribution in [0, 0.1) is 0 Å². The Bertz CT molecular complexity index is 880. The van der Waals surface area contributed by atoms with E-state index in [1.54, 1.807) is 24.3 Å². The Hall–Kier alpha value is -3.18. The van der Waals surface area contributed by atoms with Gasteiger partial charge in [-0.25, -0.2) is 0 Å². The van der Waals surface area contributed by atoms with Crippen LogP contribution in [-0.2, 0) is 25.6 Å². The molecular weight excluding hydrogens is 512 g/mol. The van der Waals surface area contributed by atoms with E-state index in [4.69, 9.17) is 11.5 Å². The largest absolute Gasteiger partial charge is 0.508 e. The molecule has 1 aromatic rings. The lowest BCUT2D eigenvalue weighted by molar-refractivity contribution is -0.132. The van der Waals surface area contributed by atoms with Gasteiger partial charge in [-0.05, 0) is 88.6 Å². The first-order valence-corrected chi connectivity index (χ1v) is 14.6. The van der Waals surface area contributed by atoms with Gasteiger partial charge in [0.15, 0.2) is 0 Å². The van der Waals surface area contributed by atoms with Gasteiger partial charge in [0.1, 0.15) is 17.8 Å². The van der Waals surface area contributed by atoms with E-state index >= 15 is 0 Å². The van der Waals surface area contributed by atoms with E-state index in [0.29, 0.717) is 58.3 Å². The zero-order chi connectivity index (χ0) is 29.6. The van der Waals surface area contributed by atoms with Crippen molar-refractivity contribution in [2.75, 3.05) is 26.2 Å². The molecule has 2 atom stereocenters. The molecule has 11 nitrogen and oxygen atoms in total. The maximum Gasteiger partial charge on any atom is 0.243 e. The molecule has 40 heavy (non-hydrogen) atoms. The molecular formula is C29H50N6O5. The number of benzene rings is 1. The summed E-state index contributed by atoms with van der Waals surface area (Å²) in [5.41, 5.74) is 12.2. The van der Waals surface area contributed by atoms with E-state index in [1.165, 1.54) is 6.92 Å². The number of rotatable bonds is 22. The van der Waals surface area contributed by atoms with Gasteiger partial charge in [0.05, 0.1) is 0 Å². The topological polar surface area (TPSA) is 189 Å². The third kappa shape index (κ3) is 16.7. The summed E-state index contributed by atoms with van der Waals surface area (Å²) in [5.74, 6) is -0.772. The van der Waals surface area contributed by atoms with E-state index in [9.17, 15) is 24.3 Å². The van der Waals surface area contributed by atoms with Crippen LogP contribution in [0.3, 0.4) is 0 Å². The van der Waals surface area contributed by atoms with Crippen LogP contribution >= 0.6 is 0 Å². The highest BCUT2D eigenvalue weighted by atomic mass is 16.3. The van der Waals surface area contributed by atoms with Crippen molar-refractivity contribution in [2.45, 2.75) is 96.1 Å². The van der Waals surface area contributed by atoms with Crippen LogP contribution in [0.5, 0.6) is 5.75 Å². The summed E-state index contributed by atoms with van der Waals surface area (Å²) >= 11 is 0. The van der Waals surface area contributed by atoms with Crippen LogP contribution in [0.25, 0.3) is 0 Å². The minimum atomic E-state index is -0.771. The summed E-state index contributed by atoms with van der Waals surface area (Å²) in [7, 11) is 0. The number of hydrogen-bond donors (Lipinski definition) is 7. The highest BCUT2D eigenvalue weighted by Crippen LogP contribution is 2.12.